The van der Waals surface area contributed by atoms with E-state index in [4.69, 9.17) is 5.73 Å². The molecule has 1 saturated heterocycles. The van der Waals surface area contributed by atoms with E-state index in [0.717, 1.165) is 38.3 Å². The van der Waals surface area contributed by atoms with Crippen molar-refractivity contribution in [3.63, 3.8) is 0 Å². The van der Waals surface area contributed by atoms with Gasteiger partial charge in [-0.15, -0.1) is 11.3 Å². The summed E-state index contributed by atoms with van der Waals surface area (Å²) < 4.78 is 0. The van der Waals surface area contributed by atoms with Gasteiger partial charge in [0.2, 0.25) is 0 Å². The Morgan fingerprint density at radius 1 is 1.29 bits per heavy atom. The first-order chi connectivity index (χ1) is 10.2. The van der Waals surface area contributed by atoms with Gasteiger partial charge in [0.15, 0.2) is 5.13 Å². The Labute approximate surface area is 128 Å². The minimum absolute atomic E-state index is 0.598. The largest absolute Gasteiger partial charge is 0.375 e. The summed E-state index contributed by atoms with van der Waals surface area (Å²) in [6, 6.07) is 0.598. The van der Waals surface area contributed by atoms with E-state index < -0.39 is 0 Å². The average molecular weight is 304 g/mol. The lowest BCUT2D eigenvalue weighted by molar-refractivity contribution is 0.201. The van der Waals surface area contributed by atoms with Crippen molar-refractivity contribution in [2.45, 2.75) is 25.4 Å². The molecule has 7 heteroatoms. The highest BCUT2D eigenvalue weighted by Gasteiger charge is 2.23. The number of nitrogens with zero attached hydrogens (tertiary/aromatic N) is 5. The van der Waals surface area contributed by atoms with Crippen LogP contribution in [0.5, 0.6) is 0 Å². The second kappa shape index (κ2) is 6.36. The molecule has 0 atom stereocenters. The van der Waals surface area contributed by atoms with Crippen molar-refractivity contribution in [2.24, 2.45) is 0 Å². The molecule has 2 aromatic rings. The molecule has 21 heavy (non-hydrogen) atoms. The van der Waals surface area contributed by atoms with E-state index in [1.54, 1.807) is 23.7 Å². The van der Waals surface area contributed by atoms with Gasteiger partial charge in [0, 0.05) is 49.1 Å². The van der Waals surface area contributed by atoms with Crippen LogP contribution < -0.4 is 10.6 Å². The van der Waals surface area contributed by atoms with Gasteiger partial charge < -0.3 is 10.6 Å². The zero-order valence-electron chi connectivity index (χ0n) is 12.1. The summed E-state index contributed by atoms with van der Waals surface area (Å²) in [6.45, 7) is 2.97. The van der Waals surface area contributed by atoms with Crippen molar-refractivity contribution in [3.05, 3.63) is 29.7 Å². The third-order valence-corrected chi connectivity index (χ3v) is 4.75. The number of piperidine rings is 1. The van der Waals surface area contributed by atoms with E-state index in [9.17, 15) is 0 Å². The Kier molecular flexibility index (Phi) is 4.31. The van der Waals surface area contributed by atoms with Crippen molar-refractivity contribution < 1.29 is 0 Å². The highest BCUT2D eigenvalue weighted by Crippen LogP contribution is 2.22. The Bertz CT molecular complexity index is 564. The Morgan fingerprint density at radius 2 is 2.10 bits per heavy atom. The number of hydrogen-bond acceptors (Lipinski definition) is 7. The van der Waals surface area contributed by atoms with Crippen LogP contribution in [0.25, 0.3) is 0 Å². The zero-order valence-corrected chi connectivity index (χ0v) is 13.0. The quantitative estimate of drug-likeness (QED) is 0.925. The van der Waals surface area contributed by atoms with Crippen molar-refractivity contribution in [1.82, 2.24) is 19.9 Å². The second-order valence-corrected chi connectivity index (χ2v) is 6.51. The fourth-order valence-corrected chi connectivity index (χ4v) is 3.51. The molecule has 0 saturated carbocycles. The highest BCUT2D eigenvalue weighted by molar-refractivity contribution is 7.15. The maximum Gasteiger partial charge on any atom is 0.180 e. The zero-order chi connectivity index (χ0) is 14.7. The molecule has 0 unspecified atom stereocenters. The molecular formula is C14H20N6S. The van der Waals surface area contributed by atoms with E-state index in [-0.39, 0.29) is 0 Å². The lowest BCUT2D eigenvalue weighted by Crippen LogP contribution is -2.43. The van der Waals surface area contributed by atoms with Gasteiger partial charge in [0.05, 0.1) is 6.20 Å². The number of nitrogen functional groups attached to an aromatic ring is 1. The molecule has 112 valence electrons. The molecule has 0 radical (unpaired) electrons. The second-order valence-electron chi connectivity index (χ2n) is 5.36. The normalized spacial score (nSPS) is 16.6. The van der Waals surface area contributed by atoms with Crippen molar-refractivity contribution in [3.8, 4) is 0 Å². The van der Waals surface area contributed by atoms with Crippen LogP contribution in [0.3, 0.4) is 0 Å². The summed E-state index contributed by atoms with van der Waals surface area (Å²) >= 11 is 1.57. The molecule has 0 aliphatic carbocycles. The first kappa shape index (κ1) is 14.2. The molecule has 1 fully saturated rings. The van der Waals surface area contributed by atoms with E-state index in [0.29, 0.717) is 11.2 Å². The van der Waals surface area contributed by atoms with Crippen LogP contribution in [0.15, 0.2) is 24.8 Å². The third-order valence-electron chi connectivity index (χ3n) is 3.94. The first-order valence-electron chi connectivity index (χ1n) is 7.14. The predicted molar refractivity (Wildman–Crippen MR) is 85.3 cm³/mol. The van der Waals surface area contributed by atoms with Crippen LogP contribution in [-0.2, 0) is 6.54 Å². The van der Waals surface area contributed by atoms with Gasteiger partial charge in [0.1, 0.15) is 5.82 Å². The smallest absolute Gasteiger partial charge is 0.180 e. The summed E-state index contributed by atoms with van der Waals surface area (Å²) in [6.07, 6.45) is 9.46. The summed E-state index contributed by atoms with van der Waals surface area (Å²) in [5.74, 6) is 0.980. The monoisotopic (exact) mass is 304 g/mol. The SMILES string of the molecule is CN(Cc1cnc(N)s1)C1CCN(c2cnccn2)CC1. The van der Waals surface area contributed by atoms with Gasteiger partial charge in [0.25, 0.3) is 0 Å². The average Bonchev–Trinajstić information content (AvgIpc) is 2.93. The summed E-state index contributed by atoms with van der Waals surface area (Å²) in [7, 11) is 2.18. The topological polar surface area (TPSA) is 71.2 Å². The molecule has 6 nitrogen and oxygen atoms in total. The maximum absolute atomic E-state index is 5.68. The van der Waals surface area contributed by atoms with E-state index in [1.807, 2.05) is 12.4 Å². The summed E-state index contributed by atoms with van der Waals surface area (Å²) in [5, 5.41) is 0.649. The van der Waals surface area contributed by atoms with Crippen molar-refractivity contribution in [2.75, 3.05) is 30.8 Å². The van der Waals surface area contributed by atoms with Crippen LogP contribution in [0.1, 0.15) is 17.7 Å². The van der Waals surface area contributed by atoms with Gasteiger partial charge in [-0.1, -0.05) is 0 Å². The molecule has 0 amide bonds. The maximum atomic E-state index is 5.68. The highest BCUT2D eigenvalue weighted by atomic mass is 32.1. The molecule has 3 rings (SSSR count). The minimum atomic E-state index is 0.598. The lowest BCUT2D eigenvalue weighted by atomic mass is 10.0. The number of anilines is 2. The Balaban J connectivity index is 1.53. The Hall–Kier alpha value is -1.73. The fourth-order valence-electron chi connectivity index (χ4n) is 2.76. The third kappa shape index (κ3) is 3.48. The van der Waals surface area contributed by atoms with Crippen molar-refractivity contribution >= 4 is 22.3 Å². The fraction of sp³-hybridized carbons (Fsp3) is 0.500. The standard InChI is InChI=1S/C14H20N6S/c1-19(10-12-8-18-14(15)21-12)11-2-6-20(7-3-11)13-9-16-4-5-17-13/h4-5,8-9,11H,2-3,6-7,10H2,1H3,(H2,15,18). The van der Waals surface area contributed by atoms with Gasteiger partial charge in [-0.2, -0.15) is 0 Å². The van der Waals surface area contributed by atoms with Gasteiger partial charge in [-0.3, -0.25) is 9.88 Å². The summed E-state index contributed by atoms with van der Waals surface area (Å²) in [5.41, 5.74) is 5.68. The minimum Gasteiger partial charge on any atom is -0.375 e. The van der Waals surface area contributed by atoms with Gasteiger partial charge in [-0.25, -0.2) is 9.97 Å². The van der Waals surface area contributed by atoms with Gasteiger partial charge >= 0.3 is 0 Å². The summed E-state index contributed by atoms with van der Waals surface area (Å²) in [4.78, 5) is 18.6. The molecule has 1 aliphatic rings. The van der Waals surface area contributed by atoms with Gasteiger partial charge in [-0.05, 0) is 19.9 Å². The van der Waals surface area contributed by atoms with E-state index in [2.05, 4.69) is 31.8 Å². The number of nitrogens with two attached hydrogens (primary N) is 1. The number of aromatic nitrogens is 3. The molecular weight excluding hydrogens is 284 g/mol. The first-order valence-corrected chi connectivity index (χ1v) is 7.95. The molecule has 0 aromatic carbocycles. The molecule has 0 spiro atoms. The predicted octanol–water partition coefficient (Wildman–Crippen LogP) is 1.62. The molecule has 1 aliphatic heterocycles. The molecule has 0 bridgehead atoms. The van der Waals surface area contributed by atoms with E-state index >= 15 is 0 Å². The number of thiazole rings is 1. The van der Waals surface area contributed by atoms with Crippen LogP contribution in [-0.4, -0.2) is 46.0 Å². The Morgan fingerprint density at radius 3 is 2.71 bits per heavy atom. The van der Waals surface area contributed by atoms with Crippen LogP contribution in [0.4, 0.5) is 10.9 Å². The molecule has 2 aromatic heterocycles. The molecule has 2 N–H and O–H groups in total. The molecule has 3 heterocycles. The van der Waals surface area contributed by atoms with E-state index in [1.165, 1.54) is 4.88 Å². The van der Waals surface area contributed by atoms with Crippen LogP contribution >= 0.6 is 11.3 Å². The lowest BCUT2D eigenvalue weighted by Gasteiger charge is -2.37. The van der Waals surface area contributed by atoms with Crippen LogP contribution in [0.2, 0.25) is 0 Å². The van der Waals surface area contributed by atoms with Crippen LogP contribution in [0, 0.1) is 0 Å². The van der Waals surface area contributed by atoms with Crippen molar-refractivity contribution in [1.29, 1.82) is 0 Å². The number of rotatable bonds is 4. The number of hydrogen-bond donors (Lipinski definition) is 1.